The van der Waals surface area contributed by atoms with Crippen LogP contribution in [0, 0.1) is 5.41 Å². The third-order valence-corrected chi connectivity index (χ3v) is 6.88. The molecule has 1 atom stereocenters. The fourth-order valence-corrected chi connectivity index (χ4v) is 5.12. The molecule has 8 heteroatoms. The van der Waals surface area contributed by atoms with Crippen LogP contribution in [-0.2, 0) is 28.9 Å². The van der Waals surface area contributed by atoms with Crippen LogP contribution in [0.25, 0.3) is 0 Å². The first-order valence-electron chi connectivity index (χ1n) is 10.8. The zero-order chi connectivity index (χ0) is 20.7. The summed E-state index contributed by atoms with van der Waals surface area (Å²) in [6.45, 7) is 1.52. The Balaban J connectivity index is 1.26. The number of hydrogen-bond acceptors (Lipinski definition) is 5. The number of nitrogens with one attached hydrogen (secondary N) is 1. The number of esters is 1. The van der Waals surface area contributed by atoms with Crippen LogP contribution in [-0.4, -0.2) is 50.5 Å². The van der Waals surface area contributed by atoms with Gasteiger partial charge in [-0.05, 0) is 50.2 Å². The van der Waals surface area contributed by atoms with Crippen LogP contribution in [0.15, 0.2) is 29.6 Å². The van der Waals surface area contributed by atoms with Crippen LogP contribution in [0.5, 0.6) is 0 Å². The fourth-order valence-electron chi connectivity index (χ4n) is 5.12. The molecule has 2 saturated heterocycles. The van der Waals surface area contributed by atoms with Crippen LogP contribution in [0.4, 0.5) is 0 Å². The van der Waals surface area contributed by atoms with Gasteiger partial charge in [-0.25, -0.2) is 4.98 Å². The van der Waals surface area contributed by atoms with E-state index in [-0.39, 0.29) is 29.1 Å². The molecule has 0 radical (unpaired) electrons. The number of hydrogen-bond donors (Lipinski definition) is 1. The molecular weight excluding hydrogens is 384 g/mol. The van der Waals surface area contributed by atoms with Crippen molar-refractivity contribution >= 4 is 11.9 Å². The second-order valence-corrected chi connectivity index (χ2v) is 8.79. The van der Waals surface area contributed by atoms with Crippen LogP contribution in [0.3, 0.4) is 0 Å². The van der Waals surface area contributed by atoms with E-state index in [1.54, 1.807) is 23.5 Å². The summed E-state index contributed by atoms with van der Waals surface area (Å²) >= 11 is 0. The molecular formula is C22H26N4O4. The predicted octanol–water partition coefficient (Wildman–Crippen LogP) is 1.69. The van der Waals surface area contributed by atoms with Crippen LogP contribution >= 0.6 is 0 Å². The van der Waals surface area contributed by atoms with Crippen molar-refractivity contribution in [1.82, 2.24) is 19.4 Å². The van der Waals surface area contributed by atoms with Gasteiger partial charge in [0.1, 0.15) is 11.7 Å². The summed E-state index contributed by atoms with van der Waals surface area (Å²) in [5.41, 5.74) is 1.45. The lowest BCUT2D eigenvalue weighted by Gasteiger charge is -2.36. The number of aromatic amines is 1. The summed E-state index contributed by atoms with van der Waals surface area (Å²) in [5.74, 6) is -0.396. The van der Waals surface area contributed by atoms with Gasteiger partial charge in [0.15, 0.2) is 0 Å². The van der Waals surface area contributed by atoms with E-state index in [1.165, 1.54) is 0 Å². The van der Waals surface area contributed by atoms with Crippen molar-refractivity contribution in [2.75, 3.05) is 13.1 Å². The van der Waals surface area contributed by atoms with Gasteiger partial charge in [-0.3, -0.25) is 14.4 Å². The van der Waals surface area contributed by atoms with Crippen molar-refractivity contribution in [2.24, 2.45) is 5.41 Å². The highest BCUT2D eigenvalue weighted by atomic mass is 16.6. The third-order valence-electron chi connectivity index (χ3n) is 6.88. The SMILES string of the molecule is O=C(c1cc2c([nH]c1=O)CCCC2)N1CCC2(CC1)CC(Cn1ccnc1)OC2=O. The van der Waals surface area contributed by atoms with Gasteiger partial charge in [0.2, 0.25) is 0 Å². The van der Waals surface area contributed by atoms with Crippen molar-refractivity contribution in [3.8, 4) is 0 Å². The Morgan fingerprint density at radius 2 is 2.03 bits per heavy atom. The van der Waals surface area contributed by atoms with Crippen molar-refractivity contribution in [3.05, 3.63) is 52.0 Å². The van der Waals surface area contributed by atoms with E-state index in [1.807, 2.05) is 10.8 Å². The van der Waals surface area contributed by atoms with E-state index in [2.05, 4.69) is 9.97 Å². The number of carbonyl (C=O) groups is 2. The van der Waals surface area contributed by atoms with Gasteiger partial charge in [0.25, 0.3) is 11.5 Å². The molecule has 158 valence electrons. The fraction of sp³-hybridized carbons (Fsp3) is 0.545. The number of imidazole rings is 1. The average molecular weight is 410 g/mol. The maximum Gasteiger partial charge on any atom is 0.312 e. The number of likely N-dealkylation sites (tertiary alicyclic amines) is 1. The first-order valence-corrected chi connectivity index (χ1v) is 10.8. The summed E-state index contributed by atoms with van der Waals surface area (Å²) in [6.07, 6.45) is 10.8. The molecule has 3 aliphatic rings. The number of ether oxygens (including phenoxy) is 1. The summed E-state index contributed by atoms with van der Waals surface area (Å²) < 4.78 is 7.56. The molecule has 5 rings (SSSR count). The predicted molar refractivity (Wildman–Crippen MR) is 108 cm³/mol. The van der Waals surface area contributed by atoms with E-state index in [0.717, 1.165) is 36.9 Å². The Bertz CT molecular complexity index is 1020. The van der Waals surface area contributed by atoms with E-state index < -0.39 is 5.41 Å². The Kier molecular flexibility index (Phi) is 4.72. The zero-order valence-corrected chi connectivity index (χ0v) is 16.9. The highest BCUT2D eigenvalue weighted by Gasteiger charge is 2.51. The molecule has 4 heterocycles. The number of aryl methyl sites for hydroxylation is 2. The Labute approximate surface area is 174 Å². The Morgan fingerprint density at radius 1 is 1.23 bits per heavy atom. The lowest BCUT2D eigenvalue weighted by molar-refractivity contribution is -0.150. The number of nitrogens with zero attached hydrogens (tertiary/aromatic N) is 3. The highest BCUT2D eigenvalue weighted by Crippen LogP contribution is 2.43. The first kappa shape index (κ1) is 19.1. The van der Waals surface area contributed by atoms with E-state index in [0.29, 0.717) is 38.9 Å². The maximum absolute atomic E-state index is 13.0. The minimum atomic E-state index is -0.524. The topological polar surface area (TPSA) is 97.3 Å². The number of amides is 1. The van der Waals surface area contributed by atoms with Crippen LogP contribution in [0.2, 0.25) is 0 Å². The Morgan fingerprint density at radius 3 is 2.80 bits per heavy atom. The van der Waals surface area contributed by atoms with Gasteiger partial charge in [0.05, 0.1) is 18.3 Å². The molecule has 1 amide bonds. The van der Waals surface area contributed by atoms with Crippen LogP contribution < -0.4 is 5.56 Å². The molecule has 2 aromatic rings. The van der Waals surface area contributed by atoms with Crippen molar-refractivity contribution in [3.63, 3.8) is 0 Å². The number of cyclic esters (lactones) is 1. The molecule has 1 aliphatic carbocycles. The van der Waals surface area contributed by atoms with Gasteiger partial charge in [0, 0.05) is 37.6 Å². The van der Waals surface area contributed by atoms with Crippen LogP contribution in [0.1, 0.15) is 53.7 Å². The maximum atomic E-state index is 13.0. The van der Waals surface area contributed by atoms with Crippen molar-refractivity contribution in [2.45, 2.75) is 57.6 Å². The highest BCUT2D eigenvalue weighted by molar-refractivity contribution is 5.94. The summed E-state index contributed by atoms with van der Waals surface area (Å²) in [5, 5.41) is 0. The largest absolute Gasteiger partial charge is 0.460 e. The van der Waals surface area contributed by atoms with Gasteiger partial charge in [-0.1, -0.05) is 0 Å². The molecule has 1 N–H and O–H groups in total. The molecule has 0 saturated carbocycles. The monoisotopic (exact) mass is 410 g/mol. The summed E-state index contributed by atoms with van der Waals surface area (Å²) in [6, 6.07) is 1.78. The number of aromatic nitrogens is 3. The van der Waals surface area contributed by atoms with Gasteiger partial charge in [-0.15, -0.1) is 0 Å². The molecule has 2 aromatic heterocycles. The second-order valence-electron chi connectivity index (χ2n) is 8.79. The molecule has 2 fully saturated rings. The molecule has 1 spiro atoms. The van der Waals surface area contributed by atoms with Gasteiger partial charge < -0.3 is 19.2 Å². The number of fused-ring (bicyclic) bond motifs is 1. The number of pyridine rings is 1. The quantitative estimate of drug-likeness (QED) is 0.777. The zero-order valence-electron chi connectivity index (χ0n) is 16.9. The smallest absolute Gasteiger partial charge is 0.312 e. The lowest BCUT2D eigenvalue weighted by Crippen LogP contribution is -2.46. The van der Waals surface area contributed by atoms with E-state index >= 15 is 0 Å². The number of piperidine rings is 1. The van der Waals surface area contributed by atoms with Gasteiger partial charge in [-0.2, -0.15) is 0 Å². The van der Waals surface area contributed by atoms with Crippen molar-refractivity contribution < 1.29 is 14.3 Å². The summed E-state index contributed by atoms with van der Waals surface area (Å²) in [4.78, 5) is 46.8. The minimum Gasteiger partial charge on any atom is -0.460 e. The number of carbonyl (C=O) groups excluding carboxylic acids is 2. The minimum absolute atomic E-state index is 0.161. The van der Waals surface area contributed by atoms with E-state index in [9.17, 15) is 14.4 Å². The second kappa shape index (κ2) is 7.41. The van der Waals surface area contributed by atoms with Gasteiger partial charge >= 0.3 is 5.97 Å². The average Bonchev–Trinajstić information content (AvgIpc) is 3.36. The normalized spacial score (nSPS) is 22.7. The standard InChI is InChI=1S/C22H26N4O4/c27-19-17(11-15-3-1-2-4-18(15)24-19)20(28)26-8-5-22(6-9-26)12-16(30-21(22)29)13-25-10-7-23-14-25/h7,10-11,14,16H,1-6,8-9,12-13H2,(H,24,27). The van der Waals surface area contributed by atoms with Crippen molar-refractivity contribution in [1.29, 1.82) is 0 Å². The molecule has 1 unspecified atom stereocenters. The molecule has 2 aliphatic heterocycles. The Hall–Kier alpha value is -2.90. The lowest BCUT2D eigenvalue weighted by atomic mass is 9.76. The molecule has 8 nitrogen and oxygen atoms in total. The molecule has 0 bridgehead atoms. The third kappa shape index (κ3) is 3.34. The number of rotatable bonds is 3. The number of H-pyrrole nitrogens is 1. The molecule has 0 aromatic carbocycles. The molecule has 30 heavy (non-hydrogen) atoms. The first-order chi connectivity index (χ1) is 14.5. The summed E-state index contributed by atoms with van der Waals surface area (Å²) in [7, 11) is 0. The van der Waals surface area contributed by atoms with E-state index in [4.69, 9.17) is 4.74 Å².